The third-order valence-corrected chi connectivity index (χ3v) is 5.73. The van der Waals surface area contributed by atoms with Crippen molar-refractivity contribution in [1.29, 1.82) is 10.8 Å². The van der Waals surface area contributed by atoms with E-state index in [9.17, 15) is 34.2 Å². The highest BCUT2D eigenvalue weighted by Crippen LogP contribution is 1.97. The fourth-order valence-electron chi connectivity index (χ4n) is 3.69. The van der Waals surface area contributed by atoms with Gasteiger partial charge in [0.1, 0.15) is 6.29 Å². The SMILES string of the molecule is N=C(N)NCCCCNC(=O)CN(CC=O)CCN(CCN(CC(=O)O)CC(=O)NCCCCNC(=N)N)CC(=O)O. The van der Waals surface area contributed by atoms with Crippen LogP contribution in [0.2, 0.25) is 0 Å². The second kappa shape index (κ2) is 23.7. The van der Waals surface area contributed by atoms with Gasteiger partial charge in [-0.2, -0.15) is 0 Å². The van der Waals surface area contributed by atoms with Gasteiger partial charge in [0.25, 0.3) is 0 Å². The molecule has 0 atom stereocenters. The van der Waals surface area contributed by atoms with Gasteiger partial charge in [-0.1, -0.05) is 0 Å². The molecule has 0 aromatic carbocycles. The van der Waals surface area contributed by atoms with E-state index in [0.717, 1.165) is 0 Å². The van der Waals surface area contributed by atoms with Gasteiger partial charge in [0, 0.05) is 52.4 Å². The molecule has 12 N–H and O–H groups in total. The molecule has 0 rings (SSSR count). The lowest BCUT2D eigenvalue weighted by Crippen LogP contribution is -2.47. The second-order valence-corrected chi connectivity index (χ2v) is 9.47. The molecule has 0 aliphatic rings. The van der Waals surface area contributed by atoms with Crippen molar-refractivity contribution in [3.8, 4) is 0 Å². The number of aliphatic carboxylic acids is 2. The van der Waals surface area contributed by atoms with Crippen LogP contribution in [-0.2, 0) is 24.0 Å². The second-order valence-electron chi connectivity index (χ2n) is 9.47. The molecule has 0 saturated carbocycles. The molecular formula is C24H47N11O7. The Hall–Kier alpha value is -4.03. The molecule has 18 nitrogen and oxygen atoms in total. The molecule has 18 heteroatoms. The number of guanidine groups is 2. The number of nitrogens with two attached hydrogens (primary N) is 2. The number of carboxylic acids is 2. The van der Waals surface area contributed by atoms with Crippen LogP contribution < -0.4 is 32.7 Å². The summed E-state index contributed by atoms with van der Waals surface area (Å²) in [6.45, 7) is 1.34. The lowest BCUT2D eigenvalue weighted by Gasteiger charge is -2.27. The number of carboxylic acid groups (broad SMARTS) is 2. The average Bonchev–Trinajstić information content (AvgIpc) is 2.88. The Morgan fingerprint density at radius 3 is 1.36 bits per heavy atom. The standard InChI is InChI=1S/C24H47N11O7/c25-23(26)31-7-3-1-5-29-19(37)15-34(13-14-36)10-9-33(17-21(39)40)11-12-35(18-22(41)42)16-20(38)30-6-2-4-8-32-24(27)28/h14H,1-13,15-18H2,(H,29,37)(H,30,38)(H,39,40)(H,41,42)(H4,25,26,31)(H4,27,28,32). The van der Waals surface area contributed by atoms with E-state index < -0.39 is 18.5 Å². The first-order valence-electron chi connectivity index (χ1n) is 13.7. The molecule has 0 fully saturated rings. The molecule has 0 aromatic rings. The molecule has 42 heavy (non-hydrogen) atoms. The predicted molar refractivity (Wildman–Crippen MR) is 155 cm³/mol. The Labute approximate surface area is 245 Å². The molecule has 0 saturated heterocycles. The van der Waals surface area contributed by atoms with Crippen molar-refractivity contribution in [2.24, 2.45) is 11.5 Å². The van der Waals surface area contributed by atoms with Crippen molar-refractivity contribution >= 4 is 42.0 Å². The molecule has 0 aromatic heterocycles. The Morgan fingerprint density at radius 1 is 0.595 bits per heavy atom. The molecule has 240 valence electrons. The Morgan fingerprint density at radius 2 is 0.952 bits per heavy atom. The number of aldehydes is 1. The quantitative estimate of drug-likeness (QED) is 0.0196. The van der Waals surface area contributed by atoms with Gasteiger partial charge in [-0.15, -0.1) is 0 Å². The number of nitrogens with zero attached hydrogens (tertiary/aromatic N) is 3. The lowest BCUT2D eigenvalue weighted by atomic mass is 10.3. The smallest absolute Gasteiger partial charge is 0.317 e. The van der Waals surface area contributed by atoms with Crippen LogP contribution in [0.5, 0.6) is 0 Å². The molecule has 2 amide bonds. The molecule has 0 aliphatic carbocycles. The average molecular weight is 602 g/mol. The van der Waals surface area contributed by atoms with Crippen molar-refractivity contribution in [2.45, 2.75) is 25.7 Å². The van der Waals surface area contributed by atoms with E-state index in [1.165, 1.54) is 4.90 Å². The third-order valence-electron chi connectivity index (χ3n) is 5.73. The van der Waals surface area contributed by atoms with Crippen LogP contribution in [0.25, 0.3) is 0 Å². The number of hydrogen-bond acceptors (Lipinski definition) is 10. The van der Waals surface area contributed by atoms with E-state index in [1.54, 1.807) is 9.80 Å². The maximum atomic E-state index is 12.3. The summed E-state index contributed by atoms with van der Waals surface area (Å²) in [5, 5.41) is 43.6. The van der Waals surface area contributed by atoms with E-state index >= 15 is 0 Å². The zero-order chi connectivity index (χ0) is 31.8. The molecule has 0 radical (unpaired) electrons. The Kier molecular flexibility index (Phi) is 21.4. The number of carbonyl (C=O) groups excluding carboxylic acids is 3. The fourth-order valence-corrected chi connectivity index (χ4v) is 3.69. The summed E-state index contributed by atoms with van der Waals surface area (Å²) in [6, 6.07) is 0. The van der Waals surface area contributed by atoms with E-state index in [-0.39, 0.29) is 76.1 Å². The Bertz CT molecular complexity index is 876. The summed E-state index contributed by atoms with van der Waals surface area (Å²) >= 11 is 0. The van der Waals surface area contributed by atoms with Crippen molar-refractivity contribution < 1.29 is 34.2 Å². The van der Waals surface area contributed by atoms with Gasteiger partial charge < -0.3 is 47.7 Å². The van der Waals surface area contributed by atoms with Gasteiger partial charge in [0.15, 0.2) is 11.9 Å². The van der Waals surface area contributed by atoms with Crippen LogP contribution in [0.1, 0.15) is 25.7 Å². The van der Waals surface area contributed by atoms with E-state index in [1.807, 2.05) is 0 Å². The fraction of sp³-hybridized carbons (Fsp3) is 0.708. The minimum absolute atomic E-state index is 0.0347. The van der Waals surface area contributed by atoms with Gasteiger partial charge in [-0.3, -0.25) is 44.7 Å². The highest BCUT2D eigenvalue weighted by molar-refractivity contribution is 5.79. The van der Waals surface area contributed by atoms with Crippen molar-refractivity contribution in [2.75, 3.05) is 85.1 Å². The summed E-state index contributed by atoms with van der Waals surface area (Å²) in [5.41, 5.74) is 10.4. The van der Waals surface area contributed by atoms with Crippen LogP contribution in [0, 0.1) is 10.8 Å². The van der Waals surface area contributed by atoms with E-state index in [2.05, 4.69) is 21.3 Å². The van der Waals surface area contributed by atoms with Crippen molar-refractivity contribution in [1.82, 2.24) is 36.0 Å². The lowest BCUT2D eigenvalue weighted by molar-refractivity contribution is -0.140. The highest BCUT2D eigenvalue weighted by Gasteiger charge is 2.18. The van der Waals surface area contributed by atoms with Gasteiger partial charge in [-0.05, 0) is 25.7 Å². The number of hydrogen-bond donors (Lipinski definition) is 10. The van der Waals surface area contributed by atoms with Gasteiger partial charge in [-0.25, -0.2) is 0 Å². The maximum absolute atomic E-state index is 12.3. The van der Waals surface area contributed by atoms with Crippen molar-refractivity contribution in [3.63, 3.8) is 0 Å². The van der Waals surface area contributed by atoms with Crippen molar-refractivity contribution in [3.05, 3.63) is 0 Å². The summed E-state index contributed by atoms with van der Waals surface area (Å²) in [7, 11) is 0. The molecule has 0 unspecified atom stereocenters. The normalized spacial score (nSPS) is 10.8. The van der Waals surface area contributed by atoms with E-state index in [0.29, 0.717) is 58.1 Å². The van der Waals surface area contributed by atoms with Crippen LogP contribution in [-0.4, -0.2) is 152 Å². The summed E-state index contributed by atoms with van der Waals surface area (Å²) in [4.78, 5) is 63.1. The number of unbranched alkanes of at least 4 members (excludes halogenated alkanes) is 2. The zero-order valence-corrected chi connectivity index (χ0v) is 24.0. The number of amides is 2. The zero-order valence-electron chi connectivity index (χ0n) is 24.0. The van der Waals surface area contributed by atoms with Crippen LogP contribution in [0.4, 0.5) is 0 Å². The molecular weight excluding hydrogens is 554 g/mol. The van der Waals surface area contributed by atoms with Gasteiger partial charge in [0.2, 0.25) is 11.8 Å². The Balaban J connectivity index is 4.78. The number of rotatable bonds is 26. The van der Waals surface area contributed by atoms with Crippen LogP contribution in [0.15, 0.2) is 0 Å². The largest absolute Gasteiger partial charge is 0.480 e. The van der Waals surface area contributed by atoms with Crippen LogP contribution >= 0.6 is 0 Å². The highest BCUT2D eigenvalue weighted by atomic mass is 16.4. The third kappa shape index (κ3) is 23.8. The molecule has 0 bridgehead atoms. The number of nitrogens with one attached hydrogen (secondary N) is 6. The predicted octanol–water partition coefficient (Wildman–Crippen LogP) is -3.98. The maximum Gasteiger partial charge on any atom is 0.317 e. The first-order valence-corrected chi connectivity index (χ1v) is 13.7. The number of carbonyl (C=O) groups is 5. The molecule has 0 spiro atoms. The van der Waals surface area contributed by atoms with Crippen LogP contribution in [0.3, 0.4) is 0 Å². The summed E-state index contributed by atoms with van der Waals surface area (Å²) in [6.07, 6.45) is 3.31. The molecule has 0 aliphatic heterocycles. The van der Waals surface area contributed by atoms with E-state index in [4.69, 9.17) is 22.3 Å². The molecule has 0 heterocycles. The van der Waals surface area contributed by atoms with Gasteiger partial charge in [0.05, 0.1) is 32.7 Å². The first kappa shape index (κ1) is 38.0. The first-order chi connectivity index (χ1) is 19.9. The topological polar surface area (TPSA) is 283 Å². The van der Waals surface area contributed by atoms with Gasteiger partial charge >= 0.3 is 11.9 Å². The minimum Gasteiger partial charge on any atom is -0.480 e. The summed E-state index contributed by atoms with van der Waals surface area (Å²) in [5.74, 6) is -3.17. The minimum atomic E-state index is -1.14. The summed E-state index contributed by atoms with van der Waals surface area (Å²) < 4.78 is 0. The monoisotopic (exact) mass is 601 g/mol.